The number of tetrazole rings is 1. The lowest BCUT2D eigenvalue weighted by Crippen LogP contribution is -2.23. The summed E-state index contributed by atoms with van der Waals surface area (Å²) in [5, 5.41) is 15.4. The molecule has 1 N–H and O–H groups in total. The Hall–Kier alpha value is -0.970. The van der Waals surface area contributed by atoms with Crippen molar-refractivity contribution in [1.82, 2.24) is 25.5 Å². The lowest BCUT2D eigenvalue weighted by molar-refractivity contribution is 0.386. The topological polar surface area (TPSA) is 55.6 Å². The molecule has 5 nitrogen and oxygen atoms in total. The van der Waals surface area contributed by atoms with Gasteiger partial charge in [-0.3, -0.25) is 0 Å². The molecule has 2 unspecified atom stereocenters. The van der Waals surface area contributed by atoms with E-state index in [-0.39, 0.29) is 6.04 Å². The first-order valence-electron chi connectivity index (χ1n) is 7.07. The standard InChI is InChI=1S/C13H27N5/c1-6-14-12(5)13-15-16-17-18(13)11(4)9-7-8-10(2)3/h10-12,14H,6-9H2,1-5H3. The Labute approximate surface area is 110 Å². The lowest BCUT2D eigenvalue weighted by Gasteiger charge is -2.17. The maximum Gasteiger partial charge on any atom is 0.168 e. The molecule has 0 amide bonds. The summed E-state index contributed by atoms with van der Waals surface area (Å²) in [6, 6.07) is 0.576. The Balaban J connectivity index is 2.57. The Kier molecular flexibility index (Phi) is 6.25. The van der Waals surface area contributed by atoms with E-state index in [4.69, 9.17) is 0 Å². The average molecular weight is 253 g/mol. The van der Waals surface area contributed by atoms with Gasteiger partial charge in [0.15, 0.2) is 5.82 Å². The highest BCUT2D eigenvalue weighted by Gasteiger charge is 2.17. The van der Waals surface area contributed by atoms with Crippen LogP contribution in [0.3, 0.4) is 0 Å². The summed E-state index contributed by atoms with van der Waals surface area (Å²) < 4.78 is 1.97. The molecule has 1 heterocycles. The summed E-state index contributed by atoms with van der Waals surface area (Å²) in [5.41, 5.74) is 0. The van der Waals surface area contributed by atoms with E-state index in [1.54, 1.807) is 0 Å². The van der Waals surface area contributed by atoms with E-state index >= 15 is 0 Å². The van der Waals surface area contributed by atoms with Gasteiger partial charge in [-0.15, -0.1) is 5.10 Å². The number of aromatic nitrogens is 4. The van der Waals surface area contributed by atoms with Gasteiger partial charge in [-0.05, 0) is 43.2 Å². The maximum atomic E-state index is 4.14. The molecule has 5 heteroatoms. The molecule has 0 radical (unpaired) electrons. The van der Waals surface area contributed by atoms with Crippen molar-refractivity contribution in [2.45, 2.75) is 66.0 Å². The van der Waals surface area contributed by atoms with Crippen LogP contribution >= 0.6 is 0 Å². The van der Waals surface area contributed by atoms with Gasteiger partial charge >= 0.3 is 0 Å². The minimum Gasteiger partial charge on any atom is -0.308 e. The predicted octanol–water partition coefficient (Wildman–Crippen LogP) is 2.73. The van der Waals surface area contributed by atoms with E-state index < -0.39 is 0 Å². The first kappa shape index (κ1) is 15.1. The van der Waals surface area contributed by atoms with Crippen LogP contribution in [0.2, 0.25) is 0 Å². The monoisotopic (exact) mass is 253 g/mol. The molecule has 104 valence electrons. The summed E-state index contributed by atoms with van der Waals surface area (Å²) in [4.78, 5) is 0. The van der Waals surface area contributed by atoms with E-state index in [2.05, 4.69) is 55.5 Å². The second kappa shape index (κ2) is 7.46. The van der Waals surface area contributed by atoms with Crippen LogP contribution in [0, 0.1) is 5.92 Å². The fourth-order valence-corrected chi connectivity index (χ4v) is 2.14. The first-order chi connectivity index (χ1) is 8.56. The van der Waals surface area contributed by atoms with Crippen molar-refractivity contribution in [2.24, 2.45) is 5.92 Å². The SMILES string of the molecule is CCNC(C)c1nnnn1C(C)CCCC(C)C. The Bertz CT molecular complexity index is 334. The molecule has 0 aliphatic rings. The van der Waals surface area contributed by atoms with Crippen molar-refractivity contribution in [3.63, 3.8) is 0 Å². The smallest absolute Gasteiger partial charge is 0.168 e. The zero-order valence-electron chi connectivity index (χ0n) is 12.3. The van der Waals surface area contributed by atoms with Crippen molar-refractivity contribution < 1.29 is 0 Å². The van der Waals surface area contributed by atoms with Gasteiger partial charge in [0, 0.05) is 0 Å². The molecule has 0 bridgehead atoms. The summed E-state index contributed by atoms with van der Waals surface area (Å²) in [7, 11) is 0. The first-order valence-corrected chi connectivity index (χ1v) is 7.07. The number of hydrogen-bond donors (Lipinski definition) is 1. The van der Waals surface area contributed by atoms with Gasteiger partial charge in [-0.2, -0.15) is 0 Å². The number of nitrogens with one attached hydrogen (secondary N) is 1. The average Bonchev–Trinajstić information content (AvgIpc) is 2.77. The molecule has 1 aromatic heterocycles. The van der Waals surface area contributed by atoms with Crippen LogP contribution < -0.4 is 5.32 Å². The molecule has 2 atom stereocenters. The van der Waals surface area contributed by atoms with Crippen LogP contribution in [0.4, 0.5) is 0 Å². The van der Waals surface area contributed by atoms with Crippen LogP contribution in [-0.4, -0.2) is 26.8 Å². The van der Waals surface area contributed by atoms with Crippen molar-refractivity contribution >= 4 is 0 Å². The highest BCUT2D eigenvalue weighted by molar-refractivity contribution is 4.91. The van der Waals surface area contributed by atoms with Gasteiger partial charge in [0.2, 0.25) is 0 Å². The largest absolute Gasteiger partial charge is 0.308 e. The van der Waals surface area contributed by atoms with Crippen LogP contribution in [-0.2, 0) is 0 Å². The summed E-state index contributed by atoms with van der Waals surface area (Å²) >= 11 is 0. The maximum absolute atomic E-state index is 4.14. The number of hydrogen-bond acceptors (Lipinski definition) is 4. The van der Waals surface area contributed by atoms with Gasteiger partial charge in [0.1, 0.15) is 0 Å². The van der Waals surface area contributed by atoms with Gasteiger partial charge in [0.25, 0.3) is 0 Å². The fraction of sp³-hybridized carbons (Fsp3) is 0.923. The molecule has 0 saturated heterocycles. The molecule has 1 aromatic rings. The van der Waals surface area contributed by atoms with Gasteiger partial charge in [-0.25, -0.2) is 4.68 Å². The van der Waals surface area contributed by atoms with Crippen LogP contribution in [0.5, 0.6) is 0 Å². The van der Waals surface area contributed by atoms with E-state index in [9.17, 15) is 0 Å². The molecule has 0 aliphatic carbocycles. The summed E-state index contributed by atoms with van der Waals surface area (Å²) in [6.07, 6.45) is 3.63. The molecule has 18 heavy (non-hydrogen) atoms. The van der Waals surface area contributed by atoms with Crippen molar-refractivity contribution in [2.75, 3.05) is 6.54 Å². The molecule has 0 aromatic carbocycles. The third kappa shape index (κ3) is 4.37. The molecular formula is C13H27N5. The van der Waals surface area contributed by atoms with Gasteiger partial charge < -0.3 is 5.32 Å². The van der Waals surface area contributed by atoms with Crippen molar-refractivity contribution in [1.29, 1.82) is 0 Å². The number of rotatable bonds is 8. The minimum atomic E-state index is 0.206. The van der Waals surface area contributed by atoms with E-state index in [0.29, 0.717) is 6.04 Å². The van der Waals surface area contributed by atoms with E-state index in [1.807, 2.05) is 4.68 Å². The van der Waals surface area contributed by atoms with E-state index in [1.165, 1.54) is 12.8 Å². The highest BCUT2D eigenvalue weighted by Crippen LogP contribution is 2.19. The normalized spacial score (nSPS) is 15.0. The molecular weight excluding hydrogens is 226 g/mol. The molecule has 0 saturated carbocycles. The Morgan fingerprint density at radius 1 is 1.17 bits per heavy atom. The fourth-order valence-electron chi connectivity index (χ4n) is 2.14. The lowest BCUT2D eigenvalue weighted by atomic mass is 10.0. The minimum absolute atomic E-state index is 0.206. The van der Waals surface area contributed by atoms with Crippen molar-refractivity contribution in [3.05, 3.63) is 5.82 Å². The molecule has 1 rings (SSSR count). The van der Waals surface area contributed by atoms with Gasteiger partial charge in [0.05, 0.1) is 12.1 Å². The second-order valence-corrected chi connectivity index (χ2v) is 5.43. The molecule has 0 aliphatic heterocycles. The zero-order chi connectivity index (χ0) is 13.5. The quantitative estimate of drug-likeness (QED) is 0.774. The van der Waals surface area contributed by atoms with Crippen molar-refractivity contribution in [3.8, 4) is 0 Å². The number of nitrogens with zero attached hydrogens (tertiary/aromatic N) is 4. The van der Waals surface area contributed by atoms with Crippen LogP contribution in [0.1, 0.15) is 71.8 Å². The zero-order valence-corrected chi connectivity index (χ0v) is 12.3. The van der Waals surface area contributed by atoms with Crippen LogP contribution in [0.25, 0.3) is 0 Å². The predicted molar refractivity (Wildman–Crippen MR) is 73.3 cm³/mol. The summed E-state index contributed by atoms with van der Waals surface area (Å²) in [5.74, 6) is 1.71. The molecule has 0 spiro atoms. The second-order valence-electron chi connectivity index (χ2n) is 5.43. The van der Waals surface area contributed by atoms with E-state index in [0.717, 1.165) is 24.7 Å². The third-order valence-corrected chi connectivity index (χ3v) is 3.24. The third-order valence-electron chi connectivity index (χ3n) is 3.24. The highest BCUT2D eigenvalue weighted by atomic mass is 15.6. The Morgan fingerprint density at radius 3 is 2.50 bits per heavy atom. The summed E-state index contributed by atoms with van der Waals surface area (Å²) in [6.45, 7) is 11.8. The molecule has 0 fully saturated rings. The Morgan fingerprint density at radius 2 is 1.89 bits per heavy atom. The van der Waals surface area contributed by atoms with Crippen LogP contribution in [0.15, 0.2) is 0 Å². The van der Waals surface area contributed by atoms with Gasteiger partial charge in [-0.1, -0.05) is 33.6 Å².